The molecule has 0 saturated heterocycles. The predicted octanol–water partition coefficient (Wildman–Crippen LogP) is 6.91. The zero-order chi connectivity index (χ0) is 29.6. The largest absolute Gasteiger partial charge is 0.497 e. The Hall–Kier alpha value is -5.76. The minimum absolute atomic E-state index is 0.169. The van der Waals surface area contributed by atoms with Crippen molar-refractivity contribution in [2.75, 3.05) is 25.7 Å². The van der Waals surface area contributed by atoms with Gasteiger partial charge in [-0.3, -0.25) is 9.59 Å². The molecule has 8 nitrogen and oxygen atoms in total. The predicted molar refractivity (Wildman–Crippen MR) is 161 cm³/mol. The van der Waals surface area contributed by atoms with E-state index in [-0.39, 0.29) is 34.2 Å². The molecule has 0 aromatic heterocycles. The van der Waals surface area contributed by atoms with Crippen LogP contribution in [0, 0.1) is 0 Å². The third kappa shape index (κ3) is 6.18. The molecule has 5 aromatic rings. The summed E-state index contributed by atoms with van der Waals surface area (Å²) >= 11 is 0. The van der Waals surface area contributed by atoms with Gasteiger partial charge in [-0.25, -0.2) is 0 Å². The smallest absolute Gasteiger partial charge is 0.196 e. The summed E-state index contributed by atoms with van der Waals surface area (Å²) in [6.45, 7) is 0. The average Bonchev–Trinajstić information content (AvgIpc) is 3.03. The van der Waals surface area contributed by atoms with Gasteiger partial charge >= 0.3 is 0 Å². The van der Waals surface area contributed by atoms with E-state index in [9.17, 15) is 9.59 Å². The first-order valence-electron chi connectivity index (χ1n) is 13.0. The number of rotatable bonds is 10. The Kier molecular flexibility index (Phi) is 8.06. The molecule has 5 aromatic carbocycles. The molecule has 42 heavy (non-hydrogen) atoms. The molecule has 0 aliphatic carbocycles. The van der Waals surface area contributed by atoms with Gasteiger partial charge in [0.25, 0.3) is 0 Å². The van der Waals surface area contributed by atoms with Gasteiger partial charge in [-0.2, -0.15) is 0 Å². The molecule has 0 amide bonds. The minimum atomic E-state index is -0.339. The van der Waals surface area contributed by atoms with Crippen LogP contribution >= 0.6 is 0 Å². The lowest BCUT2D eigenvalue weighted by atomic mass is 9.96. The van der Waals surface area contributed by atoms with Crippen LogP contribution in [0.1, 0.15) is 31.8 Å². The molecule has 0 heterocycles. The first kappa shape index (κ1) is 27.8. The number of benzene rings is 5. The zero-order valence-electron chi connectivity index (χ0n) is 23.0. The molecule has 0 radical (unpaired) electrons. The van der Waals surface area contributed by atoms with Crippen molar-refractivity contribution in [1.82, 2.24) is 0 Å². The first-order chi connectivity index (χ1) is 20.3. The summed E-state index contributed by atoms with van der Waals surface area (Å²) in [7, 11) is 3.10. The molecule has 0 unspecified atom stereocenters. The molecule has 0 atom stereocenters. The average molecular weight is 561 g/mol. The number of carbonyl (C=O) groups is 2. The fourth-order valence-electron chi connectivity index (χ4n) is 4.21. The first-order valence-corrected chi connectivity index (χ1v) is 13.0. The van der Waals surface area contributed by atoms with E-state index < -0.39 is 0 Å². The Labute approximate surface area is 243 Å². The summed E-state index contributed by atoms with van der Waals surface area (Å²) < 4.78 is 22.9. The van der Waals surface area contributed by atoms with Crippen molar-refractivity contribution < 1.29 is 28.5 Å². The molecule has 0 saturated carbocycles. The lowest BCUT2D eigenvalue weighted by Gasteiger charge is -2.17. The van der Waals surface area contributed by atoms with Crippen LogP contribution in [0.5, 0.6) is 34.5 Å². The van der Waals surface area contributed by atoms with Crippen molar-refractivity contribution in [3.8, 4) is 34.5 Å². The molecular formula is C34H28N2O6. The summed E-state index contributed by atoms with van der Waals surface area (Å²) in [4.78, 5) is 27.7. The maximum Gasteiger partial charge on any atom is 0.196 e. The van der Waals surface area contributed by atoms with Crippen molar-refractivity contribution in [3.63, 3.8) is 0 Å². The highest BCUT2D eigenvalue weighted by atomic mass is 16.5. The van der Waals surface area contributed by atoms with Gasteiger partial charge < -0.3 is 30.4 Å². The Bertz CT molecular complexity index is 1580. The number of hydrogen-bond acceptors (Lipinski definition) is 8. The van der Waals surface area contributed by atoms with Crippen molar-refractivity contribution in [1.29, 1.82) is 0 Å². The van der Waals surface area contributed by atoms with Gasteiger partial charge in [-0.15, -0.1) is 0 Å². The van der Waals surface area contributed by atoms with Crippen LogP contribution in [0.15, 0.2) is 109 Å². The number of methoxy groups -OCH3 is 2. The SMILES string of the molecule is COc1ccc(C(=O)c2cc(Oc3ccc(N)cc3)c(C(=O)c3ccc(OC)cc3)cc2Oc2ccc(N)cc2)cc1. The molecule has 0 bridgehead atoms. The third-order valence-electron chi connectivity index (χ3n) is 6.49. The lowest BCUT2D eigenvalue weighted by Crippen LogP contribution is -2.09. The highest BCUT2D eigenvalue weighted by Gasteiger charge is 2.24. The van der Waals surface area contributed by atoms with Crippen molar-refractivity contribution in [2.45, 2.75) is 0 Å². The molecule has 0 aliphatic rings. The summed E-state index contributed by atoms with van der Waals surface area (Å²) in [5, 5.41) is 0. The normalized spacial score (nSPS) is 10.5. The highest BCUT2D eigenvalue weighted by molar-refractivity contribution is 6.15. The maximum atomic E-state index is 13.9. The van der Waals surface area contributed by atoms with Crippen molar-refractivity contribution in [3.05, 3.63) is 131 Å². The second kappa shape index (κ2) is 12.2. The van der Waals surface area contributed by atoms with Gasteiger partial charge in [0.05, 0.1) is 25.3 Å². The molecular weight excluding hydrogens is 532 g/mol. The van der Waals surface area contributed by atoms with Crippen LogP contribution in [0.25, 0.3) is 0 Å². The molecule has 8 heteroatoms. The number of carbonyl (C=O) groups excluding carboxylic acids is 2. The lowest BCUT2D eigenvalue weighted by molar-refractivity contribution is 0.102. The van der Waals surface area contributed by atoms with Crippen LogP contribution in [-0.4, -0.2) is 25.8 Å². The summed E-state index contributed by atoms with van der Waals surface area (Å²) in [6, 6.07) is 29.9. The minimum Gasteiger partial charge on any atom is -0.497 e. The van der Waals surface area contributed by atoms with Crippen LogP contribution in [0.4, 0.5) is 11.4 Å². The van der Waals surface area contributed by atoms with Crippen LogP contribution in [-0.2, 0) is 0 Å². The van der Waals surface area contributed by atoms with E-state index >= 15 is 0 Å². The topological polar surface area (TPSA) is 123 Å². The monoisotopic (exact) mass is 560 g/mol. The second-order valence-electron chi connectivity index (χ2n) is 9.30. The second-order valence-corrected chi connectivity index (χ2v) is 9.30. The van der Waals surface area contributed by atoms with E-state index in [1.165, 1.54) is 12.1 Å². The van der Waals surface area contributed by atoms with Crippen LogP contribution in [0.3, 0.4) is 0 Å². The van der Waals surface area contributed by atoms with Crippen molar-refractivity contribution >= 4 is 22.9 Å². The summed E-state index contributed by atoms with van der Waals surface area (Å²) in [5.74, 6) is 1.74. The number of ketones is 2. The maximum absolute atomic E-state index is 13.9. The fraction of sp³-hybridized carbons (Fsp3) is 0.0588. The van der Waals surface area contributed by atoms with Gasteiger partial charge in [0.2, 0.25) is 0 Å². The third-order valence-corrected chi connectivity index (χ3v) is 6.49. The van der Waals surface area contributed by atoms with E-state index in [4.69, 9.17) is 30.4 Å². The molecule has 0 aliphatic heterocycles. The van der Waals surface area contributed by atoms with Gasteiger partial charge in [0, 0.05) is 22.5 Å². The number of nitrogen functional groups attached to an aromatic ring is 2. The van der Waals surface area contributed by atoms with E-state index in [1.807, 2.05) is 0 Å². The fourth-order valence-corrected chi connectivity index (χ4v) is 4.21. The van der Waals surface area contributed by atoms with Crippen molar-refractivity contribution in [2.24, 2.45) is 0 Å². The van der Waals surface area contributed by atoms with Gasteiger partial charge in [-0.1, -0.05) is 0 Å². The number of nitrogens with two attached hydrogens (primary N) is 2. The molecule has 0 fully saturated rings. The van der Waals surface area contributed by atoms with E-state index in [2.05, 4.69) is 0 Å². The van der Waals surface area contributed by atoms with Gasteiger partial charge in [-0.05, 0) is 109 Å². The summed E-state index contributed by atoms with van der Waals surface area (Å²) in [5.41, 5.74) is 14.0. The number of ether oxygens (including phenoxy) is 4. The number of hydrogen-bond donors (Lipinski definition) is 2. The Morgan fingerprint density at radius 1 is 0.476 bits per heavy atom. The Morgan fingerprint density at radius 2 is 0.786 bits per heavy atom. The molecule has 0 spiro atoms. The summed E-state index contributed by atoms with van der Waals surface area (Å²) in [6.07, 6.45) is 0. The molecule has 210 valence electrons. The zero-order valence-corrected chi connectivity index (χ0v) is 23.0. The Morgan fingerprint density at radius 3 is 1.10 bits per heavy atom. The van der Waals surface area contributed by atoms with Gasteiger partial charge in [0.15, 0.2) is 11.6 Å². The van der Waals surface area contributed by atoms with Crippen LogP contribution < -0.4 is 30.4 Å². The van der Waals surface area contributed by atoms with Crippen LogP contribution in [0.2, 0.25) is 0 Å². The molecule has 4 N–H and O–H groups in total. The van der Waals surface area contributed by atoms with Gasteiger partial charge in [0.1, 0.15) is 34.5 Å². The van der Waals surface area contributed by atoms with E-state index in [1.54, 1.807) is 111 Å². The quantitative estimate of drug-likeness (QED) is 0.139. The Balaban J connectivity index is 1.67. The van der Waals surface area contributed by atoms with E-state index in [0.717, 1.165) is 0 Å². The molecule has 5 rings (SSSR count). The standard InChI is InChI=1S/C34H28N2O6/c1-39-25-11-3-21(4-12-25)33(37)29-19-32(42-28-17-9-24(36)10-18-28)30(34(38)22-5-13-26(40-2)14-6-22)20-31(29)41-27-15-7-23(35)8-16-27/h3-20H,35-36H2,1-2H3. The highest BCUT2D eigenvalue weighted by Crippen LogP contribution is 2.37. The number of anilines is 2. The van der Waals surface area contributed by atoms with E-state index in [0.29, 0.717) is 45.5 Å².